The normalized spacial score (nSPS) is 18.8. The van der Waals surface area contributed by atoms with Crippen LogP contribution in [-0.4, -0.2) is 81.9 Å². The van der Waals surface area contributed by atoms with Crippen LogP contribution in [0.4, 0.5) is 4.79 Å². The number of piperidine rings is 1. The summed E-state index contributed by atoms with van der Waals surface area (Å²) in [6.07, 6.45) is 1.54. The van der Waals surface area contributed by atoms with Crippen molar-refractivity contribution in [3.63, 3.8) is 0 Å². The lowest BCUT2D eigenvalue weighted by Gasteiger charge is -2.41. The van der Waals surface area contributed by atoms with Gasteiger partial charge < -0.3 is 25.4 Å². The Morgan fingerprint density at radius 2 is 1.67 bits per heavy atom. The molecular weight excluding hydrogens is 586 g/mol. The first-order valence-corrected chi connectivity index (χ1v) is 15.8. The smallest absolute Gasteiger partial charge is 0.408 e. The fourth-order valence-corrected chi connectivity index (χ4v) is 6.10. The molecule has 2 aromatic rings. The van der Waals surface area contributed by atoms with Crippen LogP contribution < -0.4 is 10.6 Å². The van der Waals surface area contributed by atoms with E-state index in [0.29, 0.717) is 38.6 Å². The molecule has 248 valence electrons. The summed E-state index contributed by atoms with van der Waals surface area (Å²) < 4.78 is 5.35. The summed E-state index contributed by atoms with van der Waals surface area (Å²) in [6.45, 7) is 8.70. The molecule has 0 aromatic heterocycles. The minimum absolute atomic E-state index is 0.0938. The van der Waals surface area contributed by atoms with Crippen molar-refractivity contribution in [1.29, 1.82) is 0 Å². The van der Waals surface area contributed by atoms with Gasteiger partial charge in [-0.3, -0.25) is 14.4 Å². The number of ether oxygens (including phenoxy) is 1. The maximum atomic E-state index is 14.3. The zero-order chi connectivity index (χ0) is 33.7. The number of carbonyl (C=O) groups is 4. The summed E-state index contributed by atoms with van der Waals surface area (Å²) in [5.41, 5.74) is 0.382. The lowest BCUT2D eigenvalue weighted by molar-refractivity contribution is -0.142. The molecule has 2 aliphatic rings. The van der Waals surface area contributed by atoms with Crippen LogP contribution in [0.5, 0.6) is 0 Å². The van der Waals surface area contributed by atoms with E-state index in [4.69, 9.17) is 4.74 Å². The summed E-state index contributed by atoms with van der Waals surface area (Å²) in [4.78, 5) is 55.7. The van der Waals surface area contributed by atoms with Crippen molar-refractivity contribution in [3.05, 3.63) is 71.3 Å². The predicted octanol–water partition coefficient (Wildman–Crippen LogP) is 3.58. The molecule has 1 saturated heterocycles. The number of hydrogen-bond donors (Lipinski definition) is 3. The first-order chi connectivity index (χ1) is 21.6. The van der Waals surface area contributed by atoms with Gasteiger partial charge in [-0.05, 0) is 77.0 Å². The Morgan fingerprint density at radius 1 is 1.02 bits per heavy atom. The molecule has 2 heterocycles. The first-order valence-electron chi connectivity index (χ1n) is 15.8. The first kappa shape index (κ1) is 34.6. The third kappa shape index (κ3) is 8.12. The molecule has 2 atom stereocenters. The molecule has 2 aromatic carbocycles. The molecule has 0 radical (unpaired) electrons. The number of alkyl carbamates (subject to hydrolysis) is 1. The van der Waals surface area contributed by atoms with Crippen LogP contribution in [0.2, 0.25) is 0 Å². The lowest BCUT2D eigenvalue weighted by Crippen LogP contribution is -2.62. The third-order valence-corrected chi connectivity index (χ3v) is 8.48. The van der Waals surface area contributed by atoms with E-state index in [2.05, 4.69) is 15.7 Å². The largest absolute Gasteiger partial charge is 0.444 e. The van der Waals surface area contributed by atoms with E-state index in [1.54, 1.807) is 46.6 Å². The quantitative estimate of drug-likeness (QED) is 0.346. The number of aliphatic hydroxyl groups is 1. The number of nitrogens with one attached hydrogen (secondary N) is 2. The molecule has 46 heavy (non-hydrogen) atoms. The van der Waals surface area contributed by atoms with Crippen molar-refractivity contribution in [2.75, 3.05) is 20.1 Å². The number of amides is 4. The summed E-state index contributed by atoms with van der Waals surface area (Å²) in [5.74, 6) is -0.999. The standard InChI is InChI=1S/C35H47N5O6/c1-33(2,3)46-32(45)37-34(4,5)30(43)36-27(18-12-17-25-15-10-11-16-26(25)22-41)29(42)40-20-19-28-35(23-40,31(44)39(6)38-28)21-24-13-8-7-9-14-24/h7-11,13-16,27,41H,12,17-23H2,1-6H3,(H,36,43)(H,37,45)/t27-,35-/m1/s1. The molecule has 11 heteroatoms. The Kier molecular flexibility index (Phi) is 10.6. The van der Waals surface area contributed by atoms with Gasteiger partial charge >= 0.3 is 6.09 Å². The van der Waals surface area contributed by atoms with Gasteiger partial charge in [-0.25, -0.2) is 9.80 Å². The Morgan fingerprint density at radius 3 is 2.33 bits per heavy atom. The maximum absolute atomic E-state index is 14.3. The number of hydrogen-bond acceptors (Lipinski definition) is 7. The van der Waals surface area contributed by atoms with Crippen LogP contribution in [0.15, 0.2) is 59.7 Å². The molecule has 0 unspecified atom stereocenters. The number of likely N-dealkylation sites (tertiary alicyclic amines) is 1. The van der Waals surface area contributed by atoms with Gasteiger partial charge in [0.05, 0.1) is 12.3 Å². The minimum atomic E-state index is -1.38. The molecule has 3 N–H and O–H groups in total. The number of nitrogens with zero attached hydrogens (tertiary/aromatic N) is 3. The van der Waals surface area contributed by atoms with Gasteiger partial charge in [-0.1, -0.05) is 54.6 Å². The van der Waals surface area contributed by atoms with E-state index in [1.165, 1.54) is 5.01 Å². The predicted molar refractivity (Wildman–Crippen MR) is 175 cm³/mol. The van der Waals surface area contributed by atoms with Gasteiger partial charge in [0.15, 0.2) is 0 Å². The lowest BCUT2D eigenvalue weighted by atomic mass is 9.73. The van der Waals surface area contributed by atoms with Crippen molar-refractivity contribution >= 4 is 29.5 Å². The van der Waals surface area contributed by atoms with Gasteiger partial charge in [-0.15, -0.1) is 0 Å². The monoisotopic (exact) mass is 633 g/mol. The Balaban J connectivity index is 1.56. The van der Waals surface area contributed by atoms with Crippen LogP contribution in [0.1, 0.15) is 70.6 Å². The minimum Gasteiger partial charge on any atom is -0.444 e. The van der Waals surface area contributed by atoms with Gasteiger partial charge in [-0.2, -0.15) is 5.10 Å². The van der Waals surface area contributed by atoms with Crippen LogP contribution in [0, 0.1) is 5.41 Å². The van der Waals surface area contributed by atoms with Crippen molar-refractivity contribution in [3.8, 4) is 0 Å². The fourth-order valence-electron chi connectivity index (χ4n) is 6.10. The van der Waals surface area contributed by atoms with E-state index >= 15 is 0 Å². The molecule has 1 fully saturated rings. The third-order valence-electron chi connectivity index (χ3n) is 8.48. The SMILES string of the molecule is CN1N=C2CCN(C(=O)[C@@H](CCCc3ccccc3CO)NC(=O)C(C)(C)NC(=O)OC(C)(C)C)C[C@@]2(Cc2ccccc2)C1=O. The van der Waals surface area contributed by atoms with E-state index < -0.39 is 34.6 Å². The summed E-state index contributed by atoms with van der Waals surface area (Å²) in [7, 11) is 1.64. The topological polar surface area (TPSA) is 141 Å². The average molecular weight is 634 g/mol. The highest BCUT2D eigenvalue weighted by Gasteiger charge is 2.54. The second-order valence-electron chi connectivity index (χ2n) is 13.7. The van der Waals surface area contributed by atoms with E-state index in [-0.39, 0.29) is 25.0 Å². The summed E-state index contributed by atoms with van der Waals surface area (Å²) >= 11 is 0. The Labute approximate surface area is 271 Å². The highest BCUT2D eigenvalue weighted by Crippen LogP contribution is 2.38. The van der Waals surface area contributed by atoms with Gasteiger partial charge in [0.2, 0.25) is 11.8 Å². The molecule has 0 bridgehead atoms. The maximum Gasteiger partial charge on any atom is 0.408 e. The van der Waals surface area contributed by atoms with Gasteiger partial charge in [0, 0.05) is 26.6 Å². The highest BCUT2D eigenvalue weighted by atomic mass is 16.6. The second-order valence-corrected chi connectivity index (χ2v) is 13.7. The van der Waals surface area contributed by atoms with E-state index in [0.717, 1.165) is 22.4 Å². The van der Waals surface area contributed by atoms with E-state index in [9.17, 15) is 24.3 Å². The second kappa shape index (κ2) is 14.0. The van der Waals surface area contributed by atoms with Crippen LogP contribution in [-0.2, 0) is 38.6 Å². The van der Waals surface area contributed by atoms with Crippen LogP contribution >= 0.6 is 0 Å². The number of carbonyl (C=O) groups excluding carboxylic acids is 4. The van der Waals surface area contributed by atoms with Crippen molar-refractivity contribution in [2.45, 2.75) is 90.5 Å². The average Bonchev–Trinajstić information content (AvgIpc) is 3.23. The molecule has 11 nitrogen and oxygen atoms in total. The fraction of sp³-hybridized carbons (Fsp3) is 0.514. The number of aryl methyl sites for hydroxylation is 1. The summed E-state index contributed by atoms with van der Waals surface area (Å²) in [6, 6.07) is 16.3. The zero-order valence-electron chi connectivity index (χ0n) is 27.8. The van der Waals surface area contributed by atoms with Crippen LogP contribution in [0.3, 0.4) is 0 Å². The highest BCUT2D eigenvalue weighted by molar-refractivity contribution is 6.13. The number of benzene rings is 2. The summed E-state index contributed by atoms with van der Waals surface area (Å²) in [5, 5.41) is 21.2. The number of fused-ring (bicyclic) bond motifs is 1. The molecule has 4 amide bonds. The number of rotatable bonds is 11. The Bertz CT molecular complexity index is 1470. The molecule has 2 aliphatic heterocycles. The van der Waals surface area contributed by atoms with E-state index in [1.807, 2.05) is 54.6 Å². The molecule has 0 spiro atoms. The molecule has 0 saturated carbocycles. The number of hydrazone groups is 1. The zero-order valence-corrected chi connectivity index (χ0v) is 27.8. The van der Waals surface area contributed by atoms with Crippen LogP contribution in [0.25, 0.3) is 0 Å². The molecule has 0 aliphatic carbocycles. The molecular formula is C35H47N5O6. The number of aliphatic hydroxyl groups excluding tert-OH is 1. The van der Waals surface area contributed by atoms with Crippen molar-refractivity contribution < 1.29 is 29.0 Å². The van der Waals surface area contributed by atoms with Gasteiger partial charge in [0.25, 0.3) is 5.91 Å². The Hall–Kier alpha value is -4.25. The van der Waals surface area contributed by atoms with Crippen molar-refractivity contribution in [1.82, 2.24) is 20.5 Å². The molecule has 4 rings (SSSR count). The van der Waals surface area contributed by atoms with Gasteiger partial charge in [0.1, 0.15) is 22.6 Å². The van der Waals surface area contributed by atoms with Crippen molar-refractivity contribution in [2.24, 2.45) is 10.5 Å².